The quantitative estimate of drug-likeness (QED) is 0.0293. The Hall–Kier alpha value is -5.81. The molecule has 1 aromatic heterocycles. The van der Waals surface area contributed by atoms with Crippen LogP contribution in [0.3, 0.4) is 0 Å². The van der Waals surface area contributed by atoms with Gasteiger partial charge in [0.25, 0.3) is 0 Å². The van der Waals surface area contributed by atoms with Crippen molar-refractivity contribution < 1.29 is 33.7 Å². The predicted octanol–water partition coefficient (Wildman–Crippen LogP) is 11.7. The number of nitrogens with one attached hydrogen (secondary N) is 1. The normalized spacial score (nSPS) is 14.4. The Morgan fingerprint density at radius 3 is 1.94 bits per heavy atom. The van der Waals surface area contributed by atoms with Gasteiger partial charge in [-0.05, 0) is 123 Å². The van der Waals surface area contributed by atoms with Gasteiger partial charge < -0.3 is 24.6 Å². The first-order chi connectivity index (χ1) is 31.2. The number of ketones is 1. The minimum Gasteiger partial charge on any atom is -0.508 e. The largest absolute Gasteiger partial charge is 0.508 e. The molecule has 1 amide bonds. The summed E-state index contributed by atoms with van der Waals surface area (Å²) >= 11 is 1.41. The Kier molecular flexibility index (Phi) is 21.1. The number of fused-ring (bicyclic) bond motifs is 1. The summed E-state index contributed by atoms with van der Waals surface area (Å²) in [5.74, 6) is 0.00860. The summed E-state index contributed by atoms with van der Waals surface area (Å²) in [4.78, 5) is 43.4. The molecule has 2 N–H and O–H groups in total. The molecule has 64 heavy (non-hydrogen) atoms. The van der Waals surface area contributed by atoms with E-state index in [9.17, 15) is 19.5 Å². The minimum absolute atomic E-state index is 0.112. The van der Waals surface area contributed by atoms with Crippen LogP contribution in [0.25, 0.3) is 20.5 Å². The highest BCUT2D eigenvalue weighted by atomic mass is 32.1. The number of ether oxygens (including phenoxy) is 3. The van der Waals surface area contributed by atoms with Crippen LogP contribution < -0.4 is 14.8 Å². The standard InChI is InChI=1S/C54H64N2O7S/c1-4-5-6-7-8-9-10-11-12-13-14-15-16-17-18-19-20-21-22-23-49(58)55-51(41(2)3)54(60)63-46-31-26-43(27-32-46)53-50(47-33-28-44(57)40-48(47)64-53)52(59)42-24-29-45(30-25-42)62-39-36-56-34-37-61-38-35-56/h5-6,8-9,11-12,14-15,17-18,20-21,24-33,40-41,51,57H,4,7,10,13,16,19,22-23,34-39H2,1-3H3,(H,55,58). The number of thiophene rings is 1. The molecule has 0 bridgehead atoms. The second kappa shape index (κ2) is 27.4. The first kappa shape index (κ1) is 49.2. The van der Waals surface area contributed by atoms with Crippen LogP contribution in [0.5, 0.6) is 17.2 Å². The summed E-state index contributed by atoms with van der Waals surface area (Å²) < 4.78 is 17.9. The molecule has 1 fully saturated rings. The van der Waals surface area contributed by atoms with Gasteiger partial charge >= 0.3 is 5.97 Å². The van der Waals surface area contributed by atoms with Crippen LogP contribution in [0.15, 0.2) is 140 Å². The van der Waals surface area contributed by atoms with Crippen molar-refractivity contribution in [2.24, 2.45) is 5.92 Å². The zero-order valence-electron chi connectivity index (χ0n) is 37.6. The van der Waals surface area contributed by atoms with E-state index < -0.39 is 12.0 Å². The number of phenolic OH excluding ortho intramolecular Hbond substituents is 1. The Balaban J connectivity index is 1.08. The molecule has 2 heterocycles. The molecular weight excluding hydrogens is 821 g/mol. The number of hydrogen-bond acceptors (Lipinski definition) is 9. The lowest BCUT2D eigenvalue weighted by Gasteiger charge is -2.26. The predicted molar refractivity (Wildman–Crippen MR) is 261 cm³/mol. The molecule has 9 nitrogen and oxygen atoms in total. The van der Waals surface area contributed by atoms with Crippen molar-refractivity contribution in [1.29, 1.82) is 0 Å². The van der Waals surface area contributed by atoms with E-state index in [0.29, 0.717) is 35.7 Å². The van der Waals surface area contributed by atoms with E-state index in [0.717, 1.165) is 91.9 Å². The number of benzene rings is 3. The maximum Gasteiger partial charge on any atom is 0.334 e. The molecule has 1 unspecified atom stereocenters. The fraction of sp³-hybridized carbons (Fsp3) is 0.352. The molecule has 1 aliphatic heterocycles. The summed E-state index contributed by atoms with van der Waals surface area (Å²) in [7, 11) is 0. The molecule has 10 heteroatoms. The van der Waals surface area contributed by atoms with Crippen LogP contribution in [-0.2, 0) is 14.3 Å². The molecular formula is C54H64N2O7S. The van der Waals surface area contributed by atoms with Crippen molar-refractivity contribution in [2.45, 2.75) is 78.2 Å². The molecule has 0 radical (unpaired) electrons. The number of phenols is 1. The molecule has 1 aliphatic rings. The molecule has 1 saturated heterocycles. The Bertz CT molecular complexity index is 2260. The van der Waals surface area contributed by atoms with Gasteiger partial charge in [0, 0.05) is 52.1 Å². The maximum atomic E-state index is 14.2. The highest BCUT2D eigenvalue weighted by molar-refractivity contribution is 7.22. The van der Waals surface area contributed by atoms with Gasteiger partial charge in [0.05, 0.1) is 13.2 Å². The molecule has 338 valence electrons. The summed E-state index contributed by atoms with van der Waals surface area (Å²) in [6, 6.07) is 18.4. The SMILES string of the molecule is CCC=CCC=CCC=CCC=CCC=CCC=CCCC(=O)NC(C(=O)Oc1ccc(-c2sc3cc(O)ccc3c2C(=O)c2ccc(OCCN3CCOCC3)cc2)cc1)C(C)C. The second-order valence-electron chi connectivity index (χ2n) is 15.8. The van der Waals surface area contributed by atoms with E-state index in [2.05, 4.69) is 77.9 Å². The van der Waals surface area contributed by atoms with Gasteiger partial charge in [-0.3, -0.25) is 14.5 Å². The molecule has 0 saturated carbocycles. The molecule has 0 aliphatic carbocycles. The topological polar surface area (TPSA) is 114 Å². The minimum atomic E-state index is -0.821. The van der Waals surface area contributed by atoms with Crippen molar-refractivity contribution in [3.05, 3.63) is 151 Å². The molecule has 4 aromatic rings. The third-order valence-electron chi connectivity index (χ3n) is 10.5. The first-order valence-electron chi connectivity index (χ1n) is 22.6. The fourth-order valence-corrected chi connectivity index (χ4v) is 8.17. The fourth-order valence-electron chi connectivity index (χ4n) is 6.93. The van der Waals surface area contributed by atoms with Crippen molar-refractivity contribution >= 4 is 39.1 Å². The summed E-state index contributed by atoms with van der Waals surface area (Å²) in [5, 5.41) is 13.9. The van der Waals surface area contributed by atoms with Gasteiger partial charge in [-0.25, -0.2) is 4.79 Å². The van der Waals surface area contributed by atoms with Crippen molar-refractivity contribution in [3.8, 4) is 27.7 Å². The maximum absolute atomic E-state index is 14.2. The van der Waals surface area contributed by atoms with E-state index in [1.807, 2.05) is 50.3 Å². The highest BCUT2D eigenvalue weighted by Crippen LogP contribution is 2.41. The number of allylic oxidation sites excluding steroid dienone is 12. The van der Waals surface area contributed by atoms with Gasteiger partial charge in [-0.2, -0.15) is 0 Å². The average Bonchev–Trinajstić information content (AvgIpc) is 3.68. The Morgan fingerprint density at radius 1 is 0.766 bits per heavy atom. The van der Waals surface area contributed by atoms with Crippen LogP contribution >= 0.6 is 11.3 Å². The van der Waals surface area contributed by atoms with Crippen LogP contribution in [0.1, 0.15) is 88.1 Å². The van der Waals surface area contributed by atoms with Crippen LogP contribution in [-0.4, -0.2) is 73.2 Å². The second-order valence-corrected chi connectivity index (χ2v) is 16.9. The van der Waals surface area contributed by atoms with Crippen LogP contribution in [0, 0.1) is 5.92 Å². The zero-order valence-corrected chi connectivity index (χ0v) is 38.4. The third-order valence-corrected chi connectivity index (χ3v) is 11.7. The Labute approximate surface area is 383 Å². The summed E-state index contributed by atoms with van der Waals surface area (Å²) in [6.07, 6.45) is 32.2. The van der Waals surface area contributed by atoms with E-state index in [4.69, 9.17) is 14.2 Å². The number of hydrogen-bond donors (Lipinski definition) is 2. The van der Waals surface area contributed by atoms with E-state index in [1.165, 1.54) is 11.3 Å². The number of carbonyl (C=O) groups excluding carboxylic acids is 3. The number of morpholine rings is 1. The van der Waals surface area contributed by atoms with Crippen LogP contribution in [0.4, 0.5) is 0 Å². The van der Waals surface area contributed by atoms with Gasteiger partial charge in [0.1, 0.15) is 29.9 Å². The van der Waals surface area contributed by atoms with Crippen LogP contribution in [0.2, 0.25) is 0 Å². The van der Waals surface area contributed by atoms with E-state index in [1.54, 1.807) is 42.5 Å². The lowest BCUT2D eigenvalue weighted by molar-refractivity contribution is -0.140. The van der Waals surface area contributed by atoms with Gasteiger partial charge in [-0.1, -0.05) is 93.7 Å². The number of aromatic hydroxyl groups is 1. The molecule has 5 rings (SSSR count). The monoisotopic (exact) mass is 884 g/mol. The number of esters is 1. The lowest BCUT2D eigenvalue weighted by Crippen LogP contribution is -2.46. The third kappa shape index (κ3) is 16.4. The van der Waals surface area contributed by atoms with Crippen molar-refractivity contribution in [3.63, 3.8) is 0 Å². The van der Waals surface area contributed by atoms with E-state index >= 15 is 0 Å². The smallest absolute Gasteiger partial charge is 0.334 e. The number of nitrogens with zero attached hydrogens (tertiary/aromatic N) is 1. The summed E-state index contributed by atoms with van der Waals surface area (Å²) in [6.45, 7) is 10.5. The van der Waals surface area contributed by atoms with Gasteiger partial charge in [-0.15, -0.1) is 11.3 Å². The number of carbonyl (C=O) groups is 3. The van der Waals surface area contributed by atoms with E-state index in [-0.39, 0.29) is 29.8 Å². The molecule has 3 aromatic carbocycles. The van der Waals surface area contributed by atoms with Gasteiger partial charge in [0.2, 0.25) is 5.91 Å². The van der Waals surface area contributed by atoms with Gasteiger partial charge in [0.15, 0.2) is 5.78 Å². The number of amides is 1. The Morgan fingerprint density at radius 2 is 1.34 bits per heavy atom. The zero-order chi connectivity index (χ0) is 45.4. The average molecular weight is 885 g/mol. The molecule has 1 atom stereocenters. The lowest BCUT2D eigenvalue weighted by atomic mass is 9.97. The highest BCUT2D eigenvalue weighted by Gasteiger charge is 2.27. The number of rotatable bonds is 25. The molecule has 0 spiro atoms. The first-order valence-corrected chi connectivity index (χ1v) is 23.4. The van der Waals surface area contributed by atoms with Crippen molar-refractivity contribution in [2.75, 3.05) is 39.5 Å². The van der Waals surface area contributed by atoms with Crippen molar-refractivity contribution in [1.82, 2.24) is 10.2 Å². The summed E-state index contributed by atoms with van der Waals surface area (Å²) in [5.41, 5.74) is 1.80.